The Hall–Kier alpha value is -0.610. The molecular weight excluding hydrogens is 230 g/mol. The molecule has 1 N–H and O–H groups in total. The van der Waals surface area contributed by atoms with E-state index in [1.54, 1.807) is 24.2 Å². The van der Waals surface area contributed by atoms with Gasteiger partial charge in [-0.3, -0.25) is 4.98 Å². The van der Waals surface area contributed by atoms with Crippen molar-refractivity contribution in [2.45, 2.75) is 50.4 Å². The van der Waals surface area contributed by atoms with Crippen molar-refractivity contribution >= 4 is 11.8 Å². The predicted octanol–water partition coefficient (Wildman–Crippen LogP) is 2.98. The minimum absolute atomic E-state index is 0.163. The van der Waals surface area contributed by atoms with Gasteiger partial charge in [0.2, 0.25) is 0 Å². The minimum atomic E-state index is 0.163. The Balaban J connectivity index is 2.55. The van der Waals surface area contributed by atoms with E-state index in [-0.39, 0.29) is 5.54 Å². The van der Waals surface area contributed by atoms with Crippen molar-refractivity contribution in [3.8, 4) is 0 Å². The van der Waals surface area contributed by atoms with Crippen LogP contribution in [0.2, 0.25) is 0 Å². The second kappa shape index (κ2) is 6.36. The Morgan fingerprint density at radius 1 is 1.29 bits per heavy atom. The highest BCUT2D eigenvalue weighted by Crippen LogP contribution is 2.25. The van der Waals surface area contributed by atoms with Crippen molar-refractivity contribution < 1.29 is 0 Å². The number of rotatable bonds is 5. The average molecular weight is 253 g/mol. The summed E-state index contributed by atoms with van der Waals surface area (Å²) in [5, 5.41) is 5.08. The first-order chi connectivity index (χ1) is 7.88. The van der Waals surface area contributed by atoms with Gasteiger partial charge in [0.1, 0.15) is 5.03 Å². The quantitative estimate of drug-likeness (QED) is 0.819. The fraction of sp³-hybridized carbons (Fsp3) is 0.692. The molecule has 0 aliphatic carbocycles. The Bertz CT molecular complexity index is 319. The van der Waals surface area contributed by atoms with E-state index in [0.29, 0.717) is 11.2 Å². The first kappa shape index (κ1) is 14.5. The number of thioether (sulfide) groups is 1. The van der Waals surface area contributed by atoms with Gasteiger partial charge in [0.25, 0.3) is 0 Å². The van der Waals surface area contributed by atoms with Crippen molar-refractivity contribution in [3.05, 3.63) is 18.6 Å². The van der Waals surface area contributed by atoms with Crippen molar-refractivity contribution in [2.75, 3.05) is 6.54 Å². The molecule has 0 aromatic carbocycles. The van der Waals surface area contributed by atoms with Gasteiger partial charge in [0, 0.05) is 29.7 Å². The van der Waals surface area contributed by atoms with E-state index in [9.17, 15) is 0 Å². The van der Waals surface area contributed by atoms with Crippen LogP contribution >= 0.6 is 11.8 Å². The predicted molar refractivity (Wildman–Crippen MR) is 74.3 cm³/mol. The standard InChI is InChI=1S/C13H23N3S/c1-10(2)11(8-16-13(3,4)5)17-12-9-14-6-7-15-12/h6-7,9-11,16H,8H2,1-5H3. The van der Waals surface area contributed by atoms with Crippen LogP contribution in [0, 0.1) is 5.92 Å². The molecule has 0 saturated heterocycles. The molecule has 3 nitrogen and oxygen atoms in total. The largest absolute Gasteiger partial charge is 0.311 e. The summed E-state index contributed by atoms with van der Waals surface area (Å²) in [5.41, 5.74) is 0.163. The molecule has 0 aliphatic rings. The van der Waals surface area contributed by atoms with E-state index in [2.05, 4.69) is 49.9 Å². The molecule has 1 rings (SSSR count). The number of nitrogens with zero attached hydrogens (tertiary/aromatic N) is 2. The average Bonchev–Trinajstić information content (AvgIpc) is 2.24. The third kappa shape index (κ3) is 6.03. The minimum Gasteiger partial charge on any atom is -0.311 e. The van der Waals surface area contributed by atoms with Gasteiger partial charge in [-0.1, -0.05) is 25.6 Å². The maximum Gasteiger partial charge on any atom is 0.115 e. The van der Waals surface area contributed by atoms with E-state index < -0.39 is 0 Å². The molecule has 4 heteroatoms. The van der Waals surface area contributed by atoms with Gasteiger partial charge in [-0.2, -0.15) is 0 Å². The van der Waals surface area contributed by atoms with E-state index >= 15 is 0 Å². The SMILES string of the molecule is CC(C)C(CNC(C)(C)C)Sc1cnccn1. The van der Waals surface area contributed by atoms with E-state index in [1.807, 2.05) is 6.20 Å². The van der Waals surface area contributed by atoms with Crippen LogP contribution in [0.4, 0.5) is 0 Å². The van der Waals surface area contributed by atoms with Crippen molar-refractivity contribution in [1.29, 1.82) is 0 Å². The zero-order valence-electron chi connectivity index (χ0n) is 11.4. The van der Waals surface area contributed by atoms with Crippen molar-refractivity contribution in [2.24, 2.45) is 5.92 Å². The van der Waals surface area contributed by atoms with Crippen LogP contribution in [0.5, 0.6) is 0 Å². The van der Waals surface area contributed by atoms with Gasteiger partial charge in [-0.05, 0) is 26.7 Å². The van der Waals surface area contributed by atoms with Crippen LogP contribution in [0.25, 0.3) is 0 Å². The summed E-state index contributed by atoms with van der Waals surface area (Å²) in [5.74, 6) is 0.608. The summed E-state index contributed by atoms with van der Waals surface area (Å²) in [6.45, 7) is 12.1. The molecule has 17 heavy (non-hydrogen) atoms. The molecule has 0 spiro atoms. The van der Waals surface area contributed by atoms with Gasteiger partial charge in [0.15, 0.2) is 0 Å². The van der Waals surface area contributed by atoms with Crippen molar-refractivity contribution in [3.63, 3.8) is 0 Å². The maximum atomic E-state index is 4.32. The topological polar surface area (TPSA) is 37.8 Å². The third-order valence-corrected chi connectivity index (χ3v) is 3.85. The van der Waals surface area contributed by atoms with Crippen LogP contribution in [-0.2, 0) is 0 Å². The smallest absolute Gasteiger partial charge is 0.115 e. The van der Waals surface area contributed by atoms with Gasteiger partial charge >= 0.3 is 0 Å². The maximum absolute atomic E-state index is 4.32. The van der Waals surface area contributed by atoms with Crippen LogP contribution < -0.4 is 5.32 Å². The number of hydrogen-bond donors (Lipinski definition) is 1. The second-order valence-corrected chi connectivity index (χ2v) is 6.83. The Labute approximate surface area is 109 Å². The number of hydrogen-bond acceptors (Lipinski definition) is 4. The summed E-state index contributed by atoms with van der Waals surface area (Å²) in [6.07, 6.45) is 5.29. The highest BCUT2D eigenvalue weighted by molar-refractivity contribution is 7.99. The van der Waals surface area contributed by atoms with Crippen molar-refractivity contribution in [1.82, 2.24) is 15.3 Å². The zero-order valence-corrected chi connectivity index (χ0v) is 12.2. The van der Waals surface area contributed by atoms with Crippen LogP contribution in [0.15, 0.2) is 23.6 Å². The first-order valence-corrected chi connectivity index (χ1v) is 6.94. The normalized spacial score (nSPS) is 14.0. The lowest BCUT2D eigenvalue weighted by molar-refractivity contribution is 0.407. The Morgan fingerprint density at radius 3 is 2.47 bits per heavy atom. The molecule has 0 amide bonds. The summed E-state index contributed by atoms with van der Waals surface area (Å²) in [4.78, 5) is 8.42. The monoisotopic (exact) mass is 253 g/mol. The molecule has 0 bridgehead atoms. The molecule has 1 aromatic heterocycles. The molecule has 0 fully saturated rings. The fourth-order valence-electron chi connectivity index (χ4n) is 1.32. The van der Waals surface area contributed by atoms with E-state index in [1.165, 1.54) is 0 Å². The van der Waals surface area contributed by atoms with Gasteiger partial charge in [-0.25, -0.2) is 4.98 Å². The lowest BCUT2D eigenvalue weighted by atomic mass is 10.1. The lowest BCUT2D eigenvalue weighted by Gasteiger charge is -2.26. The van der Waals surface area contributed by atoms with Crippen LogP contribution in [0.1, 0.15) is 34.6 Å². The molecule has 1 atom stereocenters. The molecule has 1 unspecified atom stereocenters. The molecule has 1 heterocycles. The summed E-state index contributed by atoms with van der Waals surface area (Å²) in [7, 11) is 0. The molecule has 0 saturated carbocycles. The summed E-state index contributed by atoms with van der Waals surface area (Å²) in [6, 6.07) is 0. The van der Waals surface area contributed by atoms with E-state index in [4.69, 9.17) is 0 Å². The zero-order chi connectivity index (χ0) is 12.9. The number of nitrogens with one attached hydrogen (secondary N) is 1. The Kier molecular flexibility index (Phi) is 5.40. The highest BCUT2D eigenvalue weighted by atomic mass is 32.2. The third-order valence-electron chi connectivity index (χ3n) is 2.39. The summed E-state index contributed by atoms with van der Waals surface area (Å²) < 4.78 is 0. The number of aromatic nitrogens is 2. The Morgan fingerprint density at radius 2 is 2.00 bits per heavy atom. The molecule has 96 valence electrons. The second-order valence-electron chi connectivity index (χ2n) is 5.57. The van der Waals surface area contributed by atoms with Gasteiger partial charge in [-0.15, -0.1) is 0 Å². The molecular formula is C13H23N3S. The highest BCUT2D eigenvalue weighted by Gasteiger charge is 2.18. The van der Waals surface area contributed by atoms with Crippen LogP contribution in [0.3, 0.4) is 0 Å². The fourth-order valence-corrected chi connectivity index (χ4v) is 2.31. The van der Waals surface area contributed by atoms with E-state index in [0.717, 1.165) is 11.6 Å². The molecule has 1 aromatic rings. The van der Waals surface area contributed by atoms with Gasteiger partial charge < -0.3 is 5.32 Å². The lowest BCUT2D eigenvalue weighted by Crippen LogP contribution is -2.41. The molecule has 0 aliphatic heterocycles. The summed E-state index contributed by atoms with van der Waals surface area (Å²) >= 11 is 1.80. The molecule has 0 radical (unpaired) electrons. The van der Waals surface area contributed by atoms with Crippen LogP contribution in [-0.4, -0.2) is 27.3 Å². The first-order valence-electron chi connectivity index (χ1n) is 6.06. The van der Waals surface area contributed by atoms with Gasteiger partial charge in [0.05, 0.1) is 6.20 Å².